The van der Waals surface area contributed by atoms with Gasteiger partial charge < -0.3 is 4.31 Å². The van der Waals surface area contributed by atoms with E-state index in [1.807, 2.05) is 13.8 Å². The molecule has 0 radical (unpaired) electrons. The second-order valence-corrected chi connectivity index (χ2v) is 5.37. The second-order valence-electron chi connectivity index (χ2n) is 3.14. The predicted molar refractivity (Wildman–Crippen MR) is 67.1 cm³/mol. The van der Waals surface area contributed by atoms with E-state index in [0.717, 1.165) is 0 Å². The molecule has 0 fully saturated rings. The van der Waals surface area contributed by atoms with Crippen molar-refractivity contribution in [3.63, 3.8) is 0 Å². The molecular weight excluding hydrogens is 200 g/mol. The average Bonchev–Trinajstić information content (AvgIpc) is 2.06. The molecule has 0 aromatic rings. The van der Waals surface area contributed by atoms with E-state index in [-0.39, 0.29) is 0 Å². The topological polar surface area (TPSA) is 12.5 Å². The molecule has 0 aliphatic carbocycles. The van der Waals surface area contributed by atoms with Gasteiger partial charge in [-0.25, -0.2) is 0 Å². The van der Waals surface area contributed by atoms with E-state index in [9.17, 15) is 0 Å². The van der Waals surface area contributed by atoms with Gasteiger partial charge in [0.1, 0.15) is 8.30 Å². The van der Waals surface area contributed by atoms with Crippen molar-refractivity contribution in [1.82, 2.24) is 4.67 Å². The van der Waals surface area contributed by atoms with Gasteiger partial charge >= 0.3 is 0 Å². The molecular formula is C9H25NOP2. The van der Waals surface area contributed by atoms with Crippen LogP contribution in [0.4, 0.5) is 0 Å². The van der Waals surface area contributed by atoms with Crippen molar-refractivity contribution in [3.05, 3.63) is 0 Å². The van der Waals surface area contributed by atoms with Gasteiger partial charge in [0.25, 0.3) is 0 Å². The summed E-state index contributed by atoms with van der Waals surface area (Å²) in [6.07, 6.45) is 0. The first kappa shape index (κ1) is 16.2. The van der Waals surface area contributed by atoms with Crippen molar-refractivity contribution in [2.75, 3.05) is 6.66 Å². The molecule has 0 heterocycles. The van der Waals surface area contributed by atoms with E-state index in [1.54, 1.807) is 0 Å². The normalized spacial score (nSPS) is 13.2. The van der Waals surface area contributed by atoms with E-state index in [4.69, 9.17) is 4.31 Å². The van der Waals surface area contributed by atoms with Gasteiger partial charge in [-0.3, -0.25) is 4.67 Å². The third kappa shape index (κ3) is 6.80. The number of nitrogens with zero attached hydrogens (tertiary/aromatic N) is 1. The van der Waals surface area contributed by atoms with Crippen molar-refractivity contribution in [2.45, 2.75) is 53.6 Å². The molecule has 4 heteroatoms. The summed E-state index contributed by atoms with van der Waals surface area (Å²) in [7, 11) is 1.92. The van der Waals surface area contributed by atoms with Gasteiger partial charge in [-0.2, -0.15) is 0 Å². The molecule has 0 aromatic carbocycles. The fraction of sp³-hybridized carbons (Fsp3) is 1.00. The summed E-state index contributed by atoms with van der Waals surface area (Å²) in [5, 5.41) is 0. The van der Waals surface area contributed by atoms with Crippen molar-refractivity contribution >= 4 is 17.8 Å². The summed E-state index contributed by atoms with van der Waals surface area (Å²) in [4.78, 5) is 0. The van der Waals surface area contributed by atoms with E-state index >= 15 is 0 Å². The molecule has 0 N–H and O–H groups in total. The molecule has 0 saturated carbocycles. The SMILES string of the molecule is CC.CC(C)N(C(C)C)P(C)OP. The Kier molecular flexibility index (Phi) is 11.7. The Balaban J connectivity index is 0. The van der Waals surface area contributed by atoms with Crippen LogP contribution in [0.3, 0.4) is 0 Å². The first-order valence-corrected chi connectivity index (χ1v) is 7.02. The number of rotatable bonds is 4. The lowest BCUT2D eigenvalue weighted by Crippen LogP contribution is -2.32. The van der Waals surface area contributed by atoms with Crippen LogP contribution < -0.4 is 0 Å². The highest BCUT2D eigenvalue weighted by molar-refractivity contribution is 7.53. The summed E-state index contributed by atoms with van der Waals surface area (Å²) >= 11 is 0. The lowest BCUT2D eigenvalue weighted by molar-refractivity contribution is 0.306. The molecule has 2 unspecified atom stereocenters. The van der Waals surface area contributed by atoms with Crippen LogP contribution in [0.25, 0.3) is 0 Å². The molecule has 0 aliphatic heterocycles. The molecule has 0 amide bonds. The van der Waals surface area contributed by atoms with Gasteiger partial charge in [-0.1, -0.05) is 13.8 Å². The highest BCUT2D eigenvalue weighted by Gasteiger charge is 2.19. The van der Waals surface area contributed by atoms with Crippen LogP contribution in [0.5, 0.6) is 0 Å². The first-order valence-electron chi connectivity index (χ1n) is 4.89. The summed E-state index contributed by atoms with van der Waals surface area (Å²) in [5.41, 5.74) is 0. The van der Waals surface area contributed by atoms with Gasteiger partial charge in [-0.05, 0) is 34.4 Å². The van der Waals surface area contributed by atoms with E-state index in [2.05, 4.69) is 48.5 Å². The van der Waals surface area contributed by atoms with E-state index in [1.165, 1.54) is 0 Å². The maximum Gasteiger partial charge on any atom is 0.105 e. The molecule has 0 aromatic heterocycles. The smallest absolute Gasteiger partial charge is 0.105 e. The Morgan fingerprint density at radius 2 is 1.38 bits per heavy atom. The van der Waals surface area contributed by atoms with Crippen molar-refractivity contribution < 1.29 is 4.31 Å². The molecule has 0 aliphatic rings. The van der Waals surface area contributed by atoms with Crippen LogP contribution in [0.1, 0.15) is 41.5 Å². The third-order valence-electron chi connectivity index (χ3n) is 1.54. The fourth-order valence-electron chi connectivity index (χ4n) is 1.30. The zero-order valence-electron chi connectivity index (χ0n) is 10.0. The Hall–Kier alpha value is 0.780. The highest BCUT2D eigenvalue weighted by Crippen LogP contribution is 2.42. The molecule has 0 rings (SSSR count). The Bertz CT molecular complexity index is 102. The fourth-order valence-corrected chi connectivity index (χ4v) is 3.04. The zero-order chi connectivity index (χ0) is 11.0. The van der Waals surface area contributed by atoms with Gasteiger partial charge in [-0.15, -0.1) is 0 Å². The van der Waals surface area contributed by atoms with Crippen molar-refractivity contribution in [1.29, 1.82) is 0 Å². The molecule has 0 spiro atoms. The molecule has 0 bridgehead atoms. The van der Waals surface area contributed by atoms with Crippen LogP contribution in [-0.4, -0.2) is 23.4 Å². The van der Waals surface area contributed by atoms with Gasteiger partial charge in [0, 0.05) is 21.6 Å². The van der Waals surface area contributed by atoms with Crippen LogP contribution in [-0.2, 0) is 4.31 Å². The monoisotopic (exact) mass is 225 g/mol. The quantitative estimate of drug-likeness (QED) is 0.673. The number of hydrogen-bond donors (Lipinski definition) is 0. The Labute approximate surface area is 87.6 Å². The molecule has 2 atom stereocenters. The van der Waals surface area contributed by atoms with E-state index < -0.39 is 8.30 Å². The lowest BCUT2D eigenvalue weighted by atomic mass is 10.3. The van der Waals surface area contributed by atoms with Crippen LogP contribution in [0.15, 0.2) is 0 Å². The van der Waals surface area contributed by atoms with Gasteiger partial charge in [0.2, 0.25) is 0 Å². The average molecular weight is 225 g/mol. The standard InChI is InChI=1S/C7H19NOP2.C2H6/c1-6(2)8(7(3)4)11(5)9-10;1-2/h6-7H,10H2,1-5H3;1-2H3. The number of hydrogen-bond acceptors (Lipinski definition) is 2. The summed E-state index contributed by atoms with van der Waals surface area (Å²) in [6, 6.07) is 1.12. The second kappa shape index (κ2) is 9.34. The summed E-state index contributed by atoms with van der Waals surface area (Å²) < 4.78 is 7.62. The van der Waals surface area contributed by atoms with Crippen molar-refractivity contribution in [2.24, 2.45) is 0 Å². The minimum Gasteiger partial charge on any atom is -0.328 e. The third-order valence-corrected chi connectivity index (χ3v) is 4.33. The van der Waals surface area contributed by atoms with Crippen LogP contribution in [0.2, 0.25) is 0 Å². The largest absolute Gasteiger partial charge is 0.328 e. The predicted octanol–water partition coefficient (Wildman–Crippen LogP) is 3.88. The highest BCUT2D eigenvalue weighted by atomic mass is 31.2. The summed E-state index contributed by atoms with van der Waals surface area (Å²) in [6.45, 7) is 14.9. The molecule has 0 saturated heterocycles. The maximum atomic E-state index is 5.24. The van der Waals surface area contributed by atoms with Gasteiger partial charge in [0.05, 0.1) is 0 Å². The first-order chi connectivity index (χ1) is 6.00. The minimum atomic E-state index is -0.424. The van der Waals surface area contributed by atoms with Crippen LogP contribution >= 0.6 is 17.8 Å². The Morgan fingerprint density at radius 3 is 1.46 bits per heavy atom. The lowest BCUT2D eigenvalue weighted by Gasteiger charge is -2.34. The summed E-state index contributed by atoms with van der Waals surface area (Å²) in [5.74, 6) is 0. The molecule has 82 valence electrons. The van der Waals surface area contributed by atoms with Crippen molar-refractivity contribution in [3.8, 4) is 0 Å². The minimum absolute atomic E-state index is 0.424. The van der Waals surface area contributed by atoms with Crippen LogP contribution in [0, 0.1) is 0 Å². The van der Waals surface area contributed by atoms with E-state index in [0.29, 0.717) is 12.1 Å². The zero-order valence-corrected chi connectivity index (χ0v) is 12.1. The molecule has 13 heavy (non-hydrogen) atoms. The Morgan fingerprint density at radius 1 is 1.08 bits per heavy atom. The maximum absolute atomic E-state index is 5.24. The van der Waals surface area contributed by atoms with Gasteiger partial charge in [0.15, 0.2) is 0 Å². The molecule has 2 nitrogen and oxygen atoms in total.